The van der Waals surface area contributed by atoms with Crippen molar-refractivity contribution >= 4 is 34.4 Å². The van der Waals surface area contributed by atoms with Crippen LogP contribution in [0.25, 0.3) is 11.5 Å². The quantitative estimate of drug-likeness (QED) is 0.696. The SMILES string of the molecule is O=C(CI)Nc1cc(-c2ccco2)no1. The molecule has 0 saturated carbocycles. The van der Waals surface area contributed by atoms with Crippen LogP contribution in [-0.4, -0.2) is 15.5 Å². The molecule has 0 bridgehead atoms. The summed E-state index contributed by atoms with van der Waals surface area (Å²) >= 11 is 1.96. The van der Waals surface area contributed by atoms with Gasteiger partial charge in [0.1, 0.15) is 0 Å². The maximum Gasteiger partial charge on any atom is 0.236 e. The van der Waals surface area contributed by atoms with E-state index in [0.717, 1.165) is 0 Å². The van der Waals surface area contributed by atoms with Crippen molar-refractivity contribution in [1.82, 2.24) is 5.16 Å². The first-order valence-corrected chi connectivity index (χ1v) is 5.68. The fourth-order valence-corrected chi connectivity index (χ4v) is 1.24. The van der Waals surface area contributed by atoms with Gasteiger partial charge < -0.3 is 8.94 Å². The van der Waals surface area contributed by atoms with Gasteiger partial charge >= 0.3 is 0 Å². The van der Waals surface area contributed by atoms with Crippen LogP contribution in [0.15, 0.2) is 33.4 Å². The van der Waals surface area contributed by atoms with E-state index in [1.165, 1.54) is 0 Å². The number of aromatic nitrogens is 1. The number of hydrogen-bond donors (Lipinski definition) is 1. The van der Waals surface area contributed by atoms with Crippen LogP contribution < -0.4 is 5.32 Å². The van der Waals surface area contributed by atoms with Gasteiger partial charge in [0.05, 0.1) is 10.7 Å². The Labute approximate surface area is 99.0 Å². The first-order valence-electron chi connectivity index (χ1n) is 4.16. The number of furan rings is 1. The summed E-state index contributed by atoms with van der Waals surface area (Å²) < 4.78 is 10.4. The fraction of sp³-hybridized carbons (Fsp3) is 0.111. The Kier molecular flexibility index (Phi) is 3.05. The van der Waals surface area contributed by atoms with Crippen LogP contribution in [0.3, 0.4) is 0 Å². The van der Waals surface area contributed by atoms with Gasteiger partial charge in [-0.15, -0.1) is 0 Å². The van der Waals surface area contributed by atoms with Crippen LogP contribution in [0.1, 0.15) is 0 Å². The average Bonchev–Trinajstić information content (AvgIpc) is 2.85. The van der Waals surface area contributed by atoms with Gasteiger partial charge in [-0.2, -0.15) is 0 Å². The number of nitrogens with zero attached hydrogens (tertiary/aromatic N) is 1. The predicted molar refractivity (Wildman–Crippen MR) is 61.7 cm³/mol. The molecule has 1 N–H and O–H groups in total. The standard InChI is InChI=1S/C9H7IN2O3/c10-5-8(13)11-9-4-6(12-15-9)7-2-1-3-14-7/h1-4H,5H2,(H,11,13). The summed E-state index contributed by atoms with van der Waals surface area (Å²) in [6.07, 6.45) is 1.55. The number of alkyl halides is 1. The van der Waals surface area contributed by atoms with E-state index in [9.17, 15) is 4.79 Å². The maximum atomic E-state index is 11.0. The molecule has 0 aliphatic carbocycles. The van der Waals surface area contributed by atoms with Crippen LogP contribution in [0.5, 0.6) is 0 Å². The van der Waals surface area contributed by atoms with E-state index in [1.54, 1.807) is 24.5 Å². The number of amides is 1. The molecule has 2 rings (SSSR count). The van der Waals surface area contributed by atoms with E-state index in [4.69, 9.17) is 8.94 Å². The van der Waals surface area contributed by atoms with Crippen LogP contribution in [-0.2, 0) is 4.79 Å². The molecule has 0 aromatic carbocycles. The van der Waals surface area contributed by atoms with Crippen molar-refractivity contribution in [1.29, 1.82) is 0 Å². The Morgan fingerprint density at radius 1 is 1.60 bits per heavy atom. The lowest BCUT2D eigenvalue weighted by molar-refractivity contribution is -0.113. The van der Waals surface area contributed by atoms with Crippen LogP contribution >= 0.6 is 22.6 Å². The monoisotopic (exact) mass is 318 g/mol. The number of nitrogens with one attached hydrogen (secondary N) is 1. The largest absolute Gasteiger partial charge is 0.463 e. The van der Waals surface area contributed by atoms with Crippen molar-refractivity contribution in [2.45, 2.75) is 0 Å². The number of carbonyl (C=O) groups excluding carboxylic acids is 1. The van der Waals surface area contributed by atoms with Gasteiger partial charge in [0.2, 0.25) is 11.8 Å². The van der Waals surface area contributed by atoms with Gasteiger partial charge in [0.15, 0.2) is 11.5 Å². The van der Waals surface area contributed by atoms with E-state index in [0.29, 0.717) is 21.8 Å². The van der Waals surface area contributed by atoms with E-state index < -0.39 is 0 Å². The second-order valence-electron chi connectivity index (χ2n) is 2.74. The molecule has 0 saturated heterocycles. The Hall–Kier alpha value is -1.31. The minimum Gasteiger partial charge on any atom is -0.463 e. The summed E-state index contributed by atoms with van der Waals surface area (Å²) in [5, 5.41) is 6.32. The number of hydrogen-bond acceptors (Lipinski definition) is 4. The summed E-state index contributed by atoms with van der Waals surface area (Å²) in [5.74, 6) is 0.800. The Balaban J connectivity index is 2.14. The van der Waals surface area contributed by atoms with E-state index in [-0.39, 0.29) is 5.91 Å². The van der Waals surface area contributed by atoms with Crippen molar-refractivity contribution in [3.05, 3.63) is 24.5 Å². The third-order valence-electron chi connectivity index (χ3n) is 1.67. The third-order valence-corrected chi connectivity index (χ3v) is 2.36. The highest BCUT2D eigenvalue weighted by Crippen LogP contribution is 2.21. The molecule has 15 heavy (non-hydrogen) atoms. The van der Waals surface area contributed by atoms with E-state index in [1.807, 2.05) is 22.6 Å². The molecule has 0 aliphatic heterocycles. The Bertz CT molecular complexity index is 450. The maximum absolute atomic E-state index is 11.0. The van der Waals surface area contributed by atoms with Gasteiger partial charge in [0.25, 0.3) is 0 Å². The van der Waals surface area contributed by atoms with Crippen LogP contribution in [0.2, 0.25) is 0 Å². The van der Waals surface area contributed by atoms with E-state index >= 15 is 0 Å². The Morgan fingerprint density at radius 2 is 2.47 bits per heavy atom. The zero-order chi connectivity index (χ0) is 10.7. The topological polar surface area (TPSA) is 68.3 Å². The summed E-state index contributed by atoms with van der Waals surface area (Å²) in [6.45, 7) is 0. The summed E-state index contributed by atoms with van der Waals surface area (Å²) in [6, 6.07) is 5.14. The lowest BCUT2D eigenvalue weighted by Gasteiger charge is -1.93. The second kappa shape index (κ2) is 4.47. The molecule has 2 aromatic rings. The van der Waals surface area contributed by atoms with Gasteiger partial charge in [-0.1, -0.05) is 27.7 Å². The number of anilines is 1. The van der Waals surface area contributed by atoms with Crippen molar-refractivity contribution in [2.75, 3.05) is 9.74 Å². The molecule has 0 radical (unpaired) electrons. The lowest BCUT2D eigenvalue weighted by atomic mass is 10.3. The molecule has 5 nitrogen and oxygen atoms in total. The average molecular weight is 318 g/mol. The van der Waals surface area contributed by atoms with Crippen molar-refractivity contribution < 1.29 is 13.7 Å². The normalized spacial score (nSPS) is 10.2. The second-order valence-corrected chi connectivity index (χ2v) is 3.50. The highest BCUT2D eigenvalue weighted by atomic mass is 127. The smallest absolute Gasteiger partial charge is 0.236 e. The van der Waals surface area contributed by atoms with Crippen molar-refractivity contribution in [3.63, 3.8) is 0 Å². The first kappa shape index (κ1) is 10.2. The molecule has 2 heterocycles. The fourth-order valence-electron chi connectivity index (χ4n) is 1.05. The number of rotatable bonds is 3. The predicted octanol–water partition coefficient (Wildman–Crippen LogP) is 2.31. The molecule has 0 spiro atoms. The molecule has 78 valence electrons. The number of carbonyl (C=O) groups is 1. The molecule has 2 aromatic heterocycles. The van der Waals surface area contributed by atoms with Gasteiger partial charge in [-0.3, -0.25) is 10.1 Å². The highest BCUT2D eigenvalue weighted by molar-refractivity contribution is 14.1. The molecular formula is C9H7IN2O3. The molecule has 0 unspecified atom stereocenters. The third kappa shape index (κ3) is 2.38. The molecule has 0 fully saturated rings. The van der Waals surface area contributed by atoms with Crippen molar-refractivity contribution in [3.8, 4) is 11.5 Å². The summed E-state index contributed by atoms with van der Waals surface area (Å²) in [5.41, 5.74) is 0.559. The molecule has 0 atom stereocenters. The molecule has 6 heteroatoms. The molecular weight excluding hydrogens is 311 g/mol. The minimum atomic E-state index is -0.127. The highest BCUT2D eigenvalue weighted by Gasteiger charge is 2.10. The molecule has 1 amide bonds. The minimum absolute atomic E-state index is 0.127. The zero-order valence-corrected chi connectivity index (χ0v) is 9.72. The summed E-state index contributed by atoms with van der Waals surface area (Å²) in [7, 11) is 0. The zero-order valence-electron chi connectivity index (χ0n) is 7.57. The number of halogens is 1. The van der Waals surface area contributed by atoms with Crippen LogP contribution in [0, 0.1) is 0 Å². The van der Waals surface area contributed by atoms with E-state index in [2.05, 4.69) is 10.5 Å². The lowest BCUT2D eigenvalue weighted by Crippen LogP contribution is -2.11. The van der Waals surface area contributed by atoms with Crippen LogP contribution in [0.4, 0.5) is 5.88 Å². The first-order chi connectivity index (χ1) is 7.29. The Morgan fingerprint density at radius 3 is 3.13 bits per heavy atom. The van der Waals surface area contributed by atoms with Gasteiger partial charge in [-0.05, 0) is 12.1 Å². The van der Waals surface area contributed by atoms with Gasteiger partial charge in [-0.25, -0.2) is 0 Å². The molecule has 0 aliphatic rings. The van der Waals surface area contributed by atoms with Gasteiger partial charge in [0, 0.05) is 6.07 Å². The summed E-state index contributed by atoms with van der Waals surface area (Å²) in [4.78, 5) is 11.0. The van der Waals surface area contributed by atoms with Crippen molar-refractivity contribution in [2.24, 2.45) is 0 Å².